The highest BCUT2D eigenvalue weighted by atomic mass is 16.5. The molecule has 1 aliphatic rings. The number of anilines is 1. The Kier molecular flexibility index (Phi) is 4.88. The Balaban J connectivity index is 1.59. The zero-order valence-electron chi connectivity index (χ0n) is 16.3. The second kappa shape index (κ2) is 7.48. The number of benzene rings is 2. The van der Waals surface area contributed by atoms with Crippen LogP contribution in [0.5, 0.6) is 5.75 Å². The SMILES string of the molecule is COc1ccc(-c2c(C)nn(C)c2NC(=O)[C@H]2Cc3ccccc3CN2)cc1. The van der Waals surface area contributed by atoms with Crippen LogP contribution in [0.4, 0.5) is 5.82 Å². The lowest BCUT2D eigenvalue weighted by molar-refractivity contribution is -0.118. The minimum atomic E-state index is -0.270. The predicted molar refractivity (Wildman–Crippen MR) is 109 cm³/mol. The number of rotatable bonds is 4. The van der Waals surface area contributed by atoms with Crippen molar-refractivity contribution in [2.45, 2.75) is 25.9 Å². The first-order valence-electron chi connectivity index (χ1n) is 9.36. The summed E-state index contributed by atoms with van der Waals surface area (Å²) in [5.41, 5.74) is 5.25. The Morgan fingerprint density at radius 2 is 1.89 bits per heavy atom. The quantitative estimate of drug-likeness (QED) is 0.734. The van der Waals surface area contributed by atoms with Crippen LogP contribution in [0.3, 0.4) is 0 Å². The number of fused-ring (bicyclic) bond motifs is 1. The van der Waals surface area contributed by atoms with Crippen molar-refractivity contribution < 1.29 is 9.53 Å². The molecule has 0 unspecified atom stereocenters. The molecule has 0 saturated heterocycles. The smallest absolute Gasteiger partial charge is 0.243 e. The standard InChI is InChI=1S/C22H24N4O2/c1-14-20(15-8-10-18(28-3)11-9-15)21(26(2)25-14)24-22(27)19-12-16-6-4-5-7-17(16)13-23-19/h4-11,19,23H,12-13H2,1-3H3,(H,24,27)/t19-/m1/s1. The van der Waals surface area contributed by atoms with Crippen molar-refractivity contribution in [1.29, 1.82) is 0 Å². The fourth-order valence-corrected chi connectivity index (χ4v) is 3.75. The molecule has 2 heterocycles. The molecule has 1 aliphatic heterocycles. The van der Waals surface area contributed by atoms with Gasteiger partial charge >= 0.3 is 0 Å². The molecule has 0 fully saturated rings. The van der Waals surface area contributed by atoms with Gasteiger partial charge in [-0.15, -0.1) is 0 Å². The molecule has 1 atom stereocenters. The Morgan fingerprint density at radius 1 is 1.18 bits per heavy atom. The van der Waals surface area contributed by atoms with Gasteiger partial charge in [0.2, 0.25) is 5.91 Å². The number of ether oxygens (including phenoxy) is 1. The monoisotopic (exact) mass is 376 g/mol. The number of nitrogens with one attached hydrogen (secondary N) is 2. The van der Waals surface area contributed by atoms with Crippen LogP contribution in [-0.2, 0) is 24.8 Å². The lowest BCUT2D eigenvalue weighted by Gasteiger charge is -2.25. The lowest BCUT2D eigenvalue weighted by atomic mass is 9.95. The summed E-state index contributed by atoms with van der Waals surface area (Å²) in [6.45, 7) is 2.65. The van der Waals surface area contributed by atoms with Crippen LogP contribution in [0.15, 0.2) is 48.5 Å². The molecule has 0 bridgehead atoms. The molecule has 2 aromatic carbocycles. The number of aryl methyl sites for hydroxylation is 2. The van der Waals surface area contributed by atoms with Gasteiger partial charge < -0.3 is 15.4 Å². The van der Waals surface area contributed by atoms with E-state index in [9.17, 15) is 4.79 Å². The third kappa shape index (κ3) is 3.39. The highest BCUT2D eigenvalue weighted by Gasteiger charge is 2.26. The summed E-state index contributed by atoms with van der Waals surface area (Å²) in [4.78, 5) is 13.0. The molecule has 1 aromatic heterocycles. The third-order valence-electron chi connectivity index (χ3n) is 5.24. The number of amides is 1. The summed E-state index contributed by atoms with van der Waals surface area (Å²) in [7, 11) is 3.49. The van der Waals surface area contributed by atoms with E-state index in [1.165, 1.54) is 11.1 Å². The van der Waals surface area contributed by atoms with E-state index < -0.39 is 0 Å². The van der Waals surface area contributed by atoms with E-state index in [4.69, 9.17) is 4.74 Å². The highest BCUT2D eigenvalue weighted by Crippen LogP contribution is 2.32. The van der Waals surface area contributed by atoms with Crippen molar-refractivity contribution in [2.75, 3.05) is 12.4 Å². The van der Waals surface area contributed by atoms with Gasteiger partial charge in [-0.1, -0.05) is 36.4 Å². The van der Waals surface area contributed by atoms with Crippen LogP contribution in [-0.4, -0.2) is 28.8 Å². The molecule has 144 valence electrons. The first-order valence-corrected chi connectivity index (χ1v) is 9.36. The average Bonchev–Trinajstić information content (AvgIpc) is 3.00. The third-order valence-corrected chi connectivity index (χ3v) is 5.24. The second-order valence-electron chi connectivity index (χ2n) is 7.06. The van der Waals surface area contributed by atoms with Crippen molar-refractivity contribution >= 4 is 11.7 Å². The normalized spacial score (nSPS) is 15.8. The number of carbonyl (C=O) groups is 1. The van der Waals surface area contributed by atoms with Gasteiger partial charge in [-0.2, -0.15) is 5.10 Å². The van der Waals surface area contributed by atoms with Gasteiger partial charge in [-0.25, -0.2) is 0 Å². The van der Waals surface area contributed by atoms with Crippen LogP contribution in [0.2, 0.25) is 0 Å². The largest absolute Gasteiger partial charge is 0.497 e. The maximum absolute atomic E-state index is 13.0. The predicted octanol–water partition coefficient (Wildman–Crippen LogP) is 3.06. The van der Waals surface area contributed by atoms with Gasteiger partial charge in [0, 0.05) is 19.2 Å². The van der Waals surface area contributed by atoms with Gasteiger partial charge in [-0.05, 0) is 42.2 Å². The Hall–Kier alpha value is -3.12. The first-order chi connectivity index (χ1) is 13.6. The topological polar surface area (TPSA) is 68.2 Å². The Morgan fingerprint density at radius 3 is 2.61 bits per heavy atom. The molecule has 28 heavy (non-hydrogen) atoms. The van der Waals surface area contributed by atoms with Crippen LogP contribution in [0, 0.1) is 6.92 Å². The van der Waals surface area contributed by atoms with Gasteiger partial charge in [-0.3, -0.25) is 9.48 Å². The maximum Gasteiger partial charge on any atom is 0.243 e. The van der Waals surface area contributed by atoms with E-state index in [2.05, 4.69) is 27.9 Å². The van der Waals surface area contributed by atoms with Crippen LogP contribution >= 0.6 is 0 Å². The number of carbonyl (C=O) groups excluding carboxylic acids is 1. The van der Waals surface area contributed by atoms with E-state index in [1.807, 2.05) is 50.4 Å². The zero-order valence-corrected chi connectivity index (χ0v) is 16.3. The van der Waals surface area contributed by atoms with Crippen molar-refractivity contribution in [3.05, 3.63) is 65.4 Å². The Labute approximate surface area is 164 Å². The van der Waals surface area contributed by atoms with Crippen molar-refractivity contribution in [3.8, 4) is 16.9 Å². The summed E-state index contributed by atoms with van der Waals surface area (Å²) in [5, 5.41) is 10.9. The summed E-state index contributed by atoms with van der Waals surface area (Å²) >= 11 is 0. The van der Waals surface area contributed by atoms with Crippen LogP contribution < -0.4 is 15.4 Å². The molecule has 3 aromatic rings. The first kappa shape index (κ1) is 18.3. The minimum Gasteiger partial charge on any atom is -0.497 e. The molecular formula is C22H24N4O2. The number of methoxy groups -OCH3 is 1. The van der Waals surface area contributed by atoms with E-state index in [0.29, 0.717) is 18.8 Å². The van der Waals surface area contributed by atoms with Gasteiger partial charge in [0.1, 0.15) is 11.6 Å². The maximum atomic E-state index is 13.0. The van der Waals surface area contributed by atoms with Gasteiger partial charge in [0.05, 0.1) is 18.8 Å². The molecule has 1 amide bonds. The number of hydrogen-bond donors (Lipinski definition) is 2. The molecule has 0 aliphatic carbocycles. The number of aromatic nitrogens is 2. The van der Waals surface area contributed by atoms with E-state index in [-0.39, 0.29) is 11.9 Å². The zero-order chi connectivity index (χ0) is 19.7. The summed E-state index contributed by atoms with van der Waals surface area (Å²) in [5.74, 6) is 1.45. The molecule has 4 rings (SSSR count). The molecular weight excluding hydrogens is 352 g/mol. The number of nitrogens with zero attached hydrogens (tertiary/aromatic N) is 2. The molecule has 0 saturated carbocycles. The number of hydrogen-bond acceptors (Lipinski definition) is 4. The van der Waals surface area contributed by atoms with E-state index in [0.717, 1.165) is 22.6 Å². The van der Waals surface area contributed by atoms with Crippen molar-refractivity contribution in [3.63, 3.8) is 0 Å². The van der Waals surface area contributed by atoms with Gasteiger partial charge in [0.15, 0.2) is 0 Å². The van der Waals surface area contributed by atoms with Crippen LogP contribution in [0.25, 0.3) is 11.1 Å². The summed E-state index contributed by atoms with van der Waals surface area (Å²) in [6, 6.07) is 15.7. The second-order valence-corrected chi connectivity index (χ2v) is 7.06. The molecule has 0 spiro atoms. The molecule has 2 N–H and O–H groups in total. The van der Waals surface area contributed by atoms with Gasteiger partial charge in [0.25, 0.3) is 0 Å². The fraction of sp³-hybridized carbons (Fsp3) is 0.273. The summed E-state index contributed by atoms with van der Waals surface area (Å²) < 4.78 is 6.97. The van der Waals surface area contributed by atoms with E-state index >= 15 is 0 Å². The minimum absolute atomic E-state index is 0.0488. The van der Waals surface area contributed by atoms with Crippen LogP contribution in [0.1, 0.15) is 16.8 Å². The average molecular weight is 376 g/mol. The fourth-order valence-electron chi connectivity index (χ4n) is 3.75. The van der Waals surface area contributed by atoms with Crippen molar-refractivity contribution in [2.24, 2.45) is 7.05 Å². The van der Waals surface area contributed by atoms with E-state index in [1.54, 1.807) is 11.8 Å². The summed E-state index contributed by atoms with van der Waals surface area (Å²) in [6.07, 6.45) is 0.677. The molecule has 6 nitrogen and oxygen atoms in total. The van der Waals surface area contributed by atoms with Crippen molar-refractivity contribution in [1.82, 2.24) is 15.1 Å². The lowest BCUT2D eigenvalue weighted by Crippen LogP contribution is -2.45. The highest BCUT2D eigenvalue weighted by molar-refractivity contribution is 5.98. The molecule has 6 heteroatoms. The molecule has 0 radical (unpaired) electrons. The Bertz CT molecular complexity index is 1010.